The van der Waals surface area contributed by atoms with E-state index >= 15 is 0 Å². The highest BCUT2D eigenvalue weighted by Crippen LogP contribution is 2.20. The van der Waals surface area contributed by atoms with Gasteiger partial charge in [0.25, 0.3) is 0 Å². The first-order chi connectivity index (χ1) is 8.20. The van der Waals surface area contributed by atoms with E-state index in [1.807, 2.05) is 0 Å². The molecule has 0 fully saturated rings. The zero-order valence-electron chi connectivity index (χ0n) is 8.99. The van der Waals surface area contributed by atoms with Crippen molar-refractivity contribution in [3.8, 4) is 0 Å². The molecular weight excluding hydrogens is 226 g/mol. The minimum atomic E-state index is -0.591. The first kappa shape index (κ1) is 11.8. The normalized spacial score (nSPS) is 12.6. The average molecular weight is 238 g/mol. The van der Waals surface area contributed by atoms with Crippen molar-refractivity contribution >= 4 is 0 Å². The summed E-state index contributed by atoms with van der Waals surface area (Å²) in [5.74, 6) is 4.24. The number of hydrazine groups is 1. The van der Waals surface area contributed by atoms with Gasteiger partial charge in [-0.2, -0.15) is 0 Å². The number of rotatable bonds is 4. The van der Waals surface area contributed by atoms with Crippen LogP contribution in [-0.4, -0.2) is 0 Å². The standard InChI is InChI=1S/C12H12F2N2O/c13-10-2-1-8(11(14)6-10)5-12(16-15)9-3-4-17-7-9/h1-4,6-7,12,16H,5,15H2. The van der Waals surface area contributed by atoms with Crippen LogP contribution >= 0.6 is 0 Å². The van der Waals surface area contributed by atoms with Crippen LogP contribution in [0.1, 0.15) is 17.2 Å². The molecule has 1 unspecified atom stereocenters. The fourth-order valence-corrected chi connectivity index (χ4v) is 1.65. The first-order valence-electron chi connectivity index (χ1n) is 5.13. The van der Waals surface area contributed by atoms with Gasteiger partial charge in [-0.3, -0.25) is 11.3 Å². The molecule has 3 nitrogen and oxygen atoms in total. The first-order valence-corrected chi connectivity index (χ1v) is 5.13. The molecule has 0 aliphatic carbocycles. The van der Waals surface area contributed by atoms with E-state index in [0.29, 0.717) is 12.0 Å². The Balaban J connectivity index is 2.19. The number of hydrogen-bond donors (Lipinski definition) is 2. The number of hydrogen-bond acceptors (Lipinski definition) is 3. The summed E-state index contributed by atoms with van der Waals surface area (Å²) in [7, 11) is 0. The Morgan fingerprint density at radius 1 is 1.29 bits per heavy atom. The molecular formula is C12H12F2N2O. The van der Waals surface area contributed by atoms with Gasteiger partial charge in [0.1, 0.15) is 11.6 Å². The zero-order chi connectivity index (χ0) is 12.3. The number of benzene rings is 1. The van der Waals surface area contributed by atoms with E-state index in [1.54, 1.807) is 6.07 Å². The monoisotopic (exact) mass is 238 g/mol. The van der Waals surface area contributed by atoms with Crippen LogP contribution in [0, 0.1) is 11.6 Å². The molecule has 0 saturated carbocycles. The molecule has 2 aromatic rings. The Bertz CT molecular complexity index is 485. The second-order valence-electron chi connectivity index (χ2n) is 3.72. The largest absolute Gasteiger partial charge is 0.472 e. The van der Waals surface area contributed by atoms with Gasteiger partial charge in [-0.1, -0.05) is 6.07 Å². The lowest BCUT2D eigenvalue weighted by Crippen LogP contribution is -2.29. The van der Waals surface area contributed by atoms with Crippen molar-refractivity contribution in [3.05, 3.63) is 59.6 Å². The van der Waals surface area contributed by atoms with E-state index < -0.39 is 11.6 Å². The van der Waals surface area contributed by atoms with Gasteiger partial charge in [-0.05, 0) is 24.1 Å². The number of halogens is 2. The van der Waals surface area contributed by atoms with Crippen molar-refractivity contribution in [2.75, 3.05) is 0 Å². The lowest BCUT2D eigenvalue weighted by molar-refractivity contribution is 0.509. The highest BCUT2D eigenvalue weighted by atomic mass is 19.1. The molecule has 0 radical (unpaired) electrons. The summed E-state index contributed by atoms with van der Waals surface area (Å²) < 4.78 is 31.1. The van der Waals surface area contributed by atoms with Gasteiger partial charge >= 0.3 is 0 Å². The molecule has 0 spiro atoms. The van der Waals surface area contributed by atoms with Gasteiger partial charge in [-0.25, -0.2) is 8.78 Å². The molecule has 0 amide bonds. The fraction of sp³-hybridized carbons (Fsp3) is 0.167. The zero-order valence-corrected chi connectivity index (χ0v) is 8.99. The smallest absolute Gasteiger partial charge is 0.129 e. The lowest BCUT2D eigenvalue weighted by Gasteiger charge is -2.14. The Morgan fingerprint density at radius 2 is 2.12 bits per heavy atom. The summed E-state index contributed by atoms with van der Waals surface area (Å²) in [6.45, 7) is 0. The van der Waals surface area contributed by atoms with Crippen molar-refractivity contribution < 1.29 is 13.2 Å². The van der Waals surface area contributed by atoms with Crippen LogP contribution in [0.15, 0.2) is 41.2 Å². The van der Waals surface area contributed by atoms with Crippen LogP contribution in [-0.2, 0) is 6.42 Å². The van der Waals surface area contributed by atoms with E-state index in [1.165, 1.54) is 24.7 Å². The van der Waals surface area contributed by atoms with Crippen LogP contribution in [0.5, 0.6) is 0 Å². The highest BCUT2D eigenvalue weighted by Gasteiger charge is 2.14. The van der Waals surface area contributed by atoms with E-state index in [-0.39, 0.29) is 6.04 Å². The van der Waals surface area contributed by atoms with Gasteiger partial charge in [-0.15, -0.1) is 0 Å². The number of furan rings is 1. The van der Waals surface area contributed by atoms with E-state index in [0.717, 1.165) is 11.6 Å². The third kappa shape index (κ3) is 2.69. The summed E-state index contributed by atoms with van der Waals surface area (Å²) in [5, 5.41) is 0. The molecule has 0 aliphatic rings. The molecule has 0 saturated heterocycles. The van der Waals surface area contributed by atoms with Gasteiger partial charge in [0.2, 0.25) is 0 Å². The predicted octanol–water partition coefficient (Wildman–Crippen LogP) is 2.30. The Labute approximate surface area is 97.2 Å². The van der Waals surface area contributed by atoms with Gasteiger partial charge in [0.05, 0.1) is 18.6 Å². The maximum Gasteiger partial charge on any atom is 0.129 e. The lowest BCUT2D eigenvalue weighted by atomic mass is 10.0. The topological polar surface area (TPSA) is 51.2 Å². The van der Waals surface area contributed by atoms with Crippen LogP contribution in [0.25, 0.3) is 0 Å². The molecule has 2 rings (SSSR count). The third-order valence-corrected chi connectivity index (χ3v) is 2.59. The molecule has 1 aromatic carbocycles. The van der Waals surface area contributed by atoms with Crippen molar-refractivity contribution in [1.82, 2.24) is 5.43 Å². The molecule has 90 valence electrons. The number of nitrogens with two attached hydrogens (primary N) is 1. The quantitative estimate of drug-likeness (QED) is 0.634. The Kier molecular flexibility index (Phi) is 3.51. The fourth-order valence-electron chi connectivity index (χ4n) is 1.65. The highest BCUT2D eigenvalue weighted by molar-refractivity contribution is 5.22. The minimum Gasteiger partial charge on any atom is -0.472 e. The van der Waals surface area contributed by atoms with E-state index in [4.69, 9.17) is 10.3 Å². The van der Waals surface area contributed by atoms with Crippen LogP contribution in [0.4, 0.5) is 8.78 Å². The summed E-state index contributed by atoms with van der Waals surface area (Å²) >= 11 is 0. The predicted molar refractivity (Wildman–Crippen MR) is 58.8 cm³/mol. The van der Waals surface area contributed by atoms with Crippen molar-refractivity contribution in [1.29, 1.82) is 0 Å². The van der Waals surface area contributed by atoms with Crippen molar-refractivity contribution in [3.63, 3.8) is 0 Å². The molecule has 1 heterocycles. The molecule has 1 aromatic heterocycles. The summed E-state index contributed by atoms with van der Waals surface area (Å²) in [6.07, 6.45) is 3.37. The molecule has 1 atom stereocenters. The summed E-state index contributed by atoms with van der Waals surface area (Å²) in [4.78, 5) is 0. The van der Waals surface area contributed by atoms with Gasteiger partial charge in [0.15, 0.2) is 0 Å². The van der Waals surface area contributed by atoms with Crippen LogP contribution in [0.2, 0.25) is 0 Å². The second-order valence-corrected chi connectivity index (χ2v) is 3.72. The summed E-state index contributed by atoms with van der Waals surface area (Å²) in [5.41, 5.74) is 3.79. The SMILES string of the molecule is NNC(Cc1ccc(F)cc1F)c1ccoc1. The maximum absolute atomic E-state index is 13.5. The van der Waals surface area contributed by atoms with E-state index in [9.17, 15) is 8.78 Å². The molecule has 3 N–H and O–H groups in total. The number of nitrogens with one attached hydrogen (secondary N) is 1. The summed E-state index contributed by atoms with van der Waals surface area (Å²) in [6, 6.07) is 4.97. The Morgan fingerprint density at radius 3 is 2.71 bits per heavy atom. The average Bonchev–Trinajstić information content (AvgIpc) is 2.81. The van der Waals surface area contributed by atoms with Crippen molar-refractivity contribution in [2.45, 2.75) is 12.5 Å². The molecule has 17 heavy (non-hydrogen) atoms. The Hall–Kier alpha value is -1.72. The second kappa shape index (κ2) is 5.07. The van der Waals surface area contributed by atoms with Gasteiger partial charge < -0.3 is 4.42 Å². The third-order valence-electron chi connectivity index (χ3n) is 2.59. The van der Waals surface area contributed by atoms with E-state index in [2.05, 4.69) is 5.43 Å². The molecule has 0 aliphatic heterocycles. The molecule has 5 heteroatoms. The minimum absolute atomic E-state index is 0.270. The molecule has 0 bridgehead atoms. The maximum atomic E-state index is 13.5. The van der Waals surface area contributed by atoms with Crippen LogP contribution in [0.3, 0.4) is 0 Å². The van der Waals surface area contributed by atoms with Crippen LogP contribution < -0.4 is 11.3 Å². The van der Waals surface area contributed by atoms with Gasteiger partial charge in [0, 0.05) is 11.6 Å². The van der Waals surface area contributed by atoms with Crippen molar-refractivity contribution in [2.24, 2.45) is 5.84 Å².